The third-order valence-corrected chi connectivity index (χ3v) is 4.30. The molecule has 0 aliphatic heterocycles. The van der Waals surface area contributed by atoms with Crippen LogP contribution in [-0.2, 0) is 5.75 Å². The van der Waals surface area contributed by atoms with Crippen LogP contribution in [-0.4, -0.2) is 11.1 Å². The molecule has 0 amide bonds. The summed E-state index contributed by atoms with van der Waals surface area (Å²) >= 11 is 1.50. The number of halogens is 1. The highest BCUT2D eigenvalue weighted by molar-refractivity contribution is 7.98. The molecule has 2 nitrogen and oxygen atoms in total. The van der Waals surface area contributed by atoms with Crippen molar-refractivity contribution in [2.45, 2.75) is 30.4 Å². The van der Waals surface area contributed by atoms with Crippen molar-refractivity contribution in [3.05, 3.63) is 65.0 Å². The van der Waals surface area contributed by atoms with E-state index in [9.17, 15) is 9.18 Å². The number of carboxylic acid groups (broad SMARTS) is 1. The molecule has 0 aliphatic carbocycles. The maximum Gasteiger partial charge on any atom is 0.335 e. The number of aromatic carboxylic acids is 1. The average molecular weight is 304 g/mol. The molecule has 2 rings (SSSR count). The summed E-state index contributed by atoms with van der Waals surface area (Å²) in [5.41, 5.74) is 1.92. The fraction of sp³-hybridized carbons (Fsp3) is 0.235. The lowest BCUT2D eigenvalue weighted by atomic mass is 10.0. The quantitative estimate of drug-likeness (QED) is 0.795. The van der Waals surface area contributed by atoms with Crippen LogP contribution in [0.3, 0.4) is 0 Å². The number of carboxylic acids is 1. The number of benzene rings is 2. The first-order chi connectivity index (χ1) is 9.97. The first kappa shape index (κ1) is 15.6. The van der Waals surface area contributed by atoms with E-state index in [1.165, 1.54) is 35.5 Å². The number of hydrogen-bond acceptors (Lipinski definition) is 2. The third kappa shape index (κ3) is 4.08. The first-order valence-corrected chi connectivity index (χ1v) is 7.70. The normalized spacial score (nSPS) is 10.9. The topological polar surface area (TPSA) is 37.3 Å². The highest BCUT2D eigenvalue weighted by atomic mass is 32.2. The number of hydrogen-bond donors (Lipinski definition) is 1. The summed E-state index contributed by atoms with van der Waals surface area (Å²) in [5, 5.41) is 9.12. The van der Waals surface area contributed by atoms with Gasteiger partial charge in [-0.05, 0) is 47.4 Å². The molecule has 0 unspecified atom stereocenters. The van der Waals surface area contributed by atoms with Gasteiger partial charge in [0.2, 0.25) is 0 Å². The number of thioether (sulfide) groups is 1. The second kappa shape index (κ2) is 6.76. The van der Waals surface area contributed by atoms with Gasteiger partial charge < -0.3 is 5.11 Å². The van der Waals surface area contributed by atoms with E-state index in [2.05, 4.69) is 26.0 Å². The van der Waals surface area contributed by atoms with E-state index < -0.39 is 11.8 Å². The highest BCUT2D eigenvalue weighted by Gasteiger charge is 2.11. The zero-order valence-corrected chi connectivity index (χ0v) is 12.8. The van der Waals surface area contributed by atoms with Crippen LogP contribution in [0.5, 0.6) is 0 Å². The molecule has 2 aromatic rings. The Labute approximate surface area is 128 Å². The Morgan fingerprint density at radius 3 is 2.43 bits per heavy atom. The Morgan fingerprint density at radius 2 is 1.86 bits per heavy atom. The van der Waals surface area contributed by atoms with Crippen LogP contribution in [0, 0.1) is 5.82 Å². The van der Waals surface area contributed by atoms with Gasteiger partial charge in [-0.25, -0.2) is 9.18 Å². The molecule has 0 aromatic heterocycles. The molecule has 0 saturated heterocycles. The zero-order chi connectivity index (χ0) is 15.4. The van der Waals surface area contributed by atoms with E-state index >= 15 is 0 Å². The van der Waals surface area contributed by atoms with Gasteiger partial charge >= 0.3 is 5.97 Å². The molecule has 0 heterocycles. The molecule has 0 aliphatic rings. The van der Waals surface area contributed by atoms with E-state index in [4.69, 9.17) is 5.11 Å². The summed E-state index contributed by atoms with van der Waals surface area (Å²) < 4.78 is 13.3. The van der Waals surface area contributed by atoms with Crippen LogP contribution < -0.4 is 0 Å². The van der Waals surface area contributed by atoms with Crippen molar-refractivity contribution in [3.63, 3.8) is 0 Å². The molecule has 110 valence electrons. The summed E-state index contributed by atoms with van der Waals surface area (Å²) in [6, 6.07) is 11.9. The second-order valence-electron chi connectivity index (χ2n) is 5.12. The maximum absolute atomic E-state index is 13.3. The maximum atomic E-state index is 13.3. The highest BCUT2D eigenvalue weighted by Crippen LogP contribution is 2.26. The Bertz CT molecular complexity index is 636. The van der Waals surface area contributed by atoms with Gasteiger partial charge in [0.1, 0.15) is 5.82 Å². The largest absolute Gasteiger partial charge is 0.478 e. The van der Waals surface area contributed by atoms with E-state index in [-0.39, 0.29) is 5.56 Å². The fourth-order valence-electron chi connectivity index (χ4n) is 2.00. The van der Waals surface area contributed by atoms with Crippen LogP contribution in [0.2, 0.25) is 0 Å². The Hall–Kier alpha value is -1.81. The van der Waals surface area contributed by atoms with E-state index in [1.807, 2.05) is 12.1 Å². The van der Waals surface area contributed by atoms with Crippen molar-refractivity contribution in [1.29, 1.82) is 0 Å². The van der Waals surface area contributed by atoms with Gasteiger partial charge in [0.25, 0.3) is 0 Å². The Kier molecular flexibility index (Phi) is 5.02. The van der Waals surface area contributed by atoms with Crippen LogP contribution in [0.1, 0.15) is 41.3 Å². The molecule has 2 aromatic carbocycles. The van der Waals surface area contributed by atoms with E-state index in [1.54, 1.807) is 0 Å². The summed E-state index contributed by atoms with van der Waals surface area (Å²) in [4.78, 5) is 12.2. The van der Waals surface area contributed by atoms with Crippen LogP contribution in [0.25, 0.3) is 0 Å². The van der Waals surface area contributed by atoms with Gasteiger partial charge in [-0.3, -0.25) is 0 Å². The predicted octanol–water partition coefficient (Wildman–Crippen LogP) is 4.94. The van der Waals surface area contributed by atoms with Crippen molar-refractivity contribution in [2.75, 3.05) is 0 Å². The lowest BCUT2D eigenvalue weighted by Crippen LogP contribution is -2.02. The minimum Gasteiger partial charge on any atom is -0.478 e. The number of carbonyl (C=O) groups is 1. The van der Waals surface area contributed by atoms with Crippen LogP contribution in [0.15, 0.2) is 47.4 Å². The molecule has 1 N–H and O–H groups in total. The minimum atomic E-state index is -1.03. The SMILES string of the molecule is CC(C)c1ccc(SCc2cc(F)ccc2C(=O)O)cc1. The Balaban J connectivity index is 2.12. The van der Waals surface area contributed by atoms with Crippen molar-refractivity contribution in [3.8, 4) is 0 Å². The molecule has 0 atom stereocenters. The zero-order valence-electron chi connectivity index (χ0n) is 12.0. The van der Waals surface area contributed by atoms with Gasteiger partial charge in [0, 0.05) is 10.6 Å². The molecule has 4 heteroatoms. The molecular weight excluding hydrogens is 287 g/mol. The molecule has 0 radical (unpaired) electrons. The van der Waals surface area contributed by atoms with Crippen molar-refractivity contribution in [2.24, 2.45) is 0 Å². The lowest BCUT2D eigenvalue weighted by Gasteiger charge is -2.08. The molecule has 0 bridgehead atoms. The summed E-state index contributed by atoms with van der Waals surface area (Å²) in [6.07, 6.45) is 0. The molecular formula is C17H17FO2S. The Morgan fingerprint density at radius 1 is 1.19 bits per heavy atom. The van der Waals surface area contributed by atoms with Gasteiger partial charge in [0.05, 0.1) is 5.56 Å². The number of rotatable bonds is 5. The molecule has 21 heavy (non-hydrogen) atoms. The second-order valence-corrected chi connectivity index (χ2v) is 6.17. The van der Waals surface area contributed by atoms with E-state index in [0.717, 1.165) is 4.90 Å². The summed E-state index contributed by atoms with van der Waals surface area (Å²) in [7, 11) is 0. The van der Waals surface area contributed by atoms with E-state index in [0.29, 0.717) is 17.2 Å². The minimum absolute atomic E-state index is 0.155. The van der Waals surface area contributed by atoms with Gasteiger partial charge in [-0.15, -0.1) is 11.8 Å². The fourth-order valence-corrected chi connectivity index (χ4v) is 2.89. The lowest BCUT2D eigenvalue weighted by molar-refractivity contribution is 0.0696. The average Bonchev–Trinajstić information content (AvgIpc) is 2.45. The summed E-state index contributed by atoms with van der Waals surface area (Å²) in [6.45, 7) is 4.27. The third-order valence-electron chi connectivity index (χ3n) is 3.24. The molecule has 0 saturated carbocycles. The first-order valence-electron chi connectivity index (χ1n) is 6.72. The standard InChI is InChI=1S/C17H17FO2S/c1-11(2)12-3-6-15(7-4-12)21-10-13-9-14(18)5-8-16(13)17(19)20/h3-9,11H,10H2,1-2H3,(H,19,20). The van der Waals surface area contributed by atoms with Crippen molar-refractivity contribution >= 4 is 17.7 Å². The summed E-state index contributed by atoms with van der Waals surface area (Å²) in [5.74, 6) is -0.530. The predicted molar refractivity (Wildman–Crippen MR) is 83.5 cm³/mol. The van der Waals surface area contributed by atoms with Gasteiger partial charge in [0.15, 0.2) is 0 Å². The van der Waals surface area contributed by atoms with Crippen LogP contribution in [0.4, 0.5) is 4.39 Å². The van der Waals surface area contributed by atoms with Crippen LogP contribution >= 0.6 is 11.8 Å². The van der Waals surface area contributed by atoms with Crippen molar-refractivity contribution in [1.82, 2.24) is 0 Å². The van der Waals surface area contributed by atoms with Gasteiger partial charge in [-0.1, -0.05) is 26.0 Å². The molecule has 0 fully saturated rings. The van der Waals surface area contributed by atoms with Crippen molar-refractivity contribution < 1.29 is 14.3 Å². The smallest absolute Gasteiger partial charge is 0.335 e. The molecule has 0 spiro atoms. The van der Waals surface area contributed by atoms with Gasteiger partial charge in [-0.2, -0.15) is 0 Å². The monoisotopic (exact) mass is 304 g/mol.